The van der Waals surface area contributed by atoms with E-state index in [4.69, 9.17) is 25.5 Å². The molecule has 0 spiro atoms. The van der Waals surface area contributed by atoms with Crippen LogP contribution in [0.5, 0.6) is 0 Å². The Morgan fingerprint density at radius 3 is 1.68 bits per heavy atom. The van der Waals surface area contributed by atoms with Gasteiger partial charge in [-0.05, 0) is 12.0 Å². The first-order valence-corrected chi connectivity index (χ1v) is 6.25. The second-order valence-electron chi connectivity index (χ2n) is 4.44. The summed E-state index contributed by atoms with van der Waals surface area (Å²) in [5.41, 5.74) is -1.54. The Bertz CT molecular complexity index is 481. The zero-order valence-electron chi connectivity index (χ0n) is 11.7. The third-order valence-electron chi connectivity index (χ3n) is 2.53. The van der Waals surface area contributed by atoms with Crippen molar-refractivity contribution < 1.29 is 39.9 Å². The number of hydrogen-bond donors (Lipinski definition) is 5. The minimum atomic E-state index is -2.74. The van der Waals surface area contributed by atoms with Crippen molar-refractivity contribution >= 4 is 17.9 Å². The Kier molecular flexibility index (Phi) is 8.42. The molecule has 0 aromatic heterocycles. The summed E-state index contributed by atoms with van der Waals surface area (Å²) >= 11 is 0. The van der Waals surface area contributed by atoms with Crippen LogP contribution >= 0.6 is 0 Å². The Balaban J connectivity index is 0.000000425. The van der Waals surface area contributed by atoms with Crippen molar-refractivity contribution in [3.05, 3.63) is 35.9 Å². The second kappa shape index (κ2) is 9.48. The van der Waals surface area contributed by atoms with Crippen molar-refractivity contribution in [3.63, 3.8) is 0 Å². The van der Waals surface area contributed by atoms with Gasteiger partial charge in [-0.3, -0.25) is 9.59 Å². The van der Waals surface area contributed by atoms with E-state index in [2.05, 4.69) is 0 Å². The van der Waals surface area contributed by atoms with Gasteiger partial charge in [0.25, 0.3) is 0 Å². The predicted molar refractivity (Wildman–Crippen MR) is 74.3 cm³/mol. The molecule has 0 aliphatic rings. The van der Waals surface area contributed by atoms with Crippen LogP contribution in [0.4, 0.5) is 0 Å². The van der Waals surface area contributed by atoms with Crippen molar-refractivity contribution in [3.8, 4) is 0 Å². The smallest absolute Gasteiger partial charge is 0.336 e. The van der Waals surface area contributed by atoms with Gasteiger partial charge in [0, 0.05) is 6.61 Å². The summed E-state index contributed by atoms with van der Waals surface area (Å²) in [5.74, 6) is -5.02. The number of rotatable bonds is 7. The average Bonchev–Trinajstić information content (AvgIpc) is 2.39. The molecule has 8 nitrogen and oxygen atoms in total. The zero-order chi connectivity index (χ0) is 17.2. The van der Waals surface area contributed by atoms with Gasteiger partial charge in [0.2, 0.25) is 0 Å². The molecule has 0 aliphatic heterocycles. The lowest BCUT2D eigenvalue weighted by molar-refractivity contribution is -0.170. The van der Waals surface area contributed by atoms with Crippen LogP contribution in [0.3, 0.4) is 0 Å². The van der Waals surface area contributed by atoms with E-state index >= 15 is 0 Å². The van der Waals surface area contributed by atoms with Gasteiger partial charge in [-0.2, -0.15) is 0 Å². The molecular weight excluding hydrogens is 296 g/mol. The molecule has 0 aliphatic carbocycles. The molecular formula is C14H18O8. The zero-order valence-corrected chi connectivity index (χ0v) is 11.7. The lowest BCUT2D eigenvalue weighted by Crippen LogP contribution is -2.42. The summed E-state index contributed by atoms with van der Waals surface area (Å²) in [7, 11) is 0. The van der Waals surface area contributed by atoms with Gasteiger partial charge in [-0.1, -0.05) is 30.3 Å². The highest BCUT2D eigenvalue weighted by molar-refractivity contribution is 5.88. The van der Waals surface area contributed by atoms with Crippen LogP contribution in [0.1, 0.15) is 18.4 Å². The molecule has 0 fully saturated rings. The highest BCUT2D eigenvalue weighted by Crippen LogP contribution is 2.15. The van der Waals surface area contributed by atoms with E-state index in [1.165, 1.54) is 5.56 Å². The van der Waals surface area contributed by atoms with E-state index in [9.17, 15) is 14.4 Å². The quantitative estimate of drug-likeness (QED) is 0.470. The van der Waals surface area contributed by atoms with Gasteiger partial charge < -0.3 is 25.5 Å². The van der Waals surface area contributed by atoms with E-state index in [1.54, 1.807) is 0 Å². The molecule has 5 N–H and O–H groups in total. The van der Waals surface area contributed by atoms with Gasteiger partial charge in [0.1, 0.15) is 0 Å². The average molecular weight is 314 g/mol. The first kappa shape index (κ1) is 19.6. The number of aliphatic hydroxyl groups is 2. The van der Waals surface area contributed by atoms with Gasteiger partial charge in [-0.25, -0.2) is 4.79 Å². The molecule has 0 amide bonds. The molecule has 8 heteroatoms. The number of carboxylic acid groups (broad SMARTS) is 3. The van der Waals surface area contributed by atoms with Crippen LogP contribution in [-0.2, 0) is 20.8 Å². The van der Waals surface area contributed by atoms with E-state index in [0.29, 0.717) is 0 Å². The number of carbonyl (C=O) groups is 3. The van der Waals surface area contributed by atoms with Crippen molar-refractivity contribution in [2.24, 2.45) is 0 Å². The van der Waals surface area contributed by atoms with Crippen LogP contribution in [0.25, 0.3) is 0 Å². The van der Waals surface area contributed by atoms with Gasteiger partial charge in [-0.15, -0.1) is 0 Å². The molecule has 0 atom stereocenters. The summed E-state index contributed by atoms with van der Waals surface area (Å²) in [6.07, 6.45) is -1.52. The summed E-state index contributed by atoms with van der Waals surface area (Å²) in [6.45, 7) is 0.240. The predicted octanol–water partition coefficient (Wildman–Crippen LogP) is -0.0271. The first-order chi connectivity index (χ1) is 10.2. The number of carboxylic acids is 3. The Morgan fingerprint density at radius 1 is 0.909 bits per heavy atom. The molecule has 1 rings (SSSR count). The third-order valence-corrected chi connectivity index (χ3v) is 2.53. The SMILES string of the molecule is O=C(O)CC(O)(CC(=O)O)C(=O)O.OCCc1ccccc1. The standard InChI is InChI=1S/C8H10O.C6H8O7/c9-7-6-8-4-2-1-3-5-8;7-3(8)1-6(13,5(11)12)2-4(9)10/h1-5,9H,6-7H2;13H,1-2H2,(H,7,8)(H,9,10)(H,11,12). The fourth-order valence-corrected chi connectivity index (χ4v) is 1.49. The van der Waals surface area contributed by atoms with Crippen molar-refractivity contribution in [2.75, 3.05) is 6.61 Å². The molecule has 0 radical (unpaired) electrons. The molecule has 0 saturated carbocycles. The topological polar surface area (TPSA) is 152 Å². The molecule has 0 bridgehead atoms. The minimum absolute atomic E-state index is 0.240. The van der Waals surface area contributed by atoms with Gasteiger partial charge >= 0.3 is 17.9 Å². The summed E-state index contributed by atoms with van der Waals surface area (Å²) in [4.78, 5) is 30.5. The summed E-state index contributed by atoms with van der Waals surface area (Å²) in [5, 5.41) is 42.3. The van der Waals surface area contributed by atoms with Crippen LogP contribution in [0, 0.1) is 0 Å². The Labute approximate surface area is 126 Å². The number of aliphatic carboxylic acids is 3. The highest BCUT2D eigenvalue weighted by Gasteiger charge is 2.40. The first-order valence-electron chi connectivity index (χ1n) is 6.25. The molecule has 0 saturated heterocycles. The Morgan fingerprint density at radius 2 is 1.36 bits per heavy atom. The van der Waals surface area contributed by atoms with Crippen molar-refractivity contribution in [2.45, 2.75) is 24.9 Å². The molecule has 22 heavy (non-hydrogen) atoms. The normalized spacial score (nSPS) is 10.3. The third kappa shape index (κ3) is 7.98. The number of hydrogen-bond acceptors (Lipinski definition) is 5. The molecule has 0 unspecified atom stereocenters. The Hall–Kier alpha value is -2.45. The van der Waals surface area contributed by atoms with E-state index < -0.39 is 36.4 Å². The van der Waals surface area contributed by atoms with Gasteiger partial charge in [0.15, 0.2) is 5.60 Å². The maximum atomic E-state index is 10.3. The molecule has 0 heterocycles. The fourth-order valence-electron chi connectivity index (χ4n) is 1.49. The summed E-state index contributed by atoms with van der Waals surface area (Å²) < 4.78 is 0. The van der Waals surface area contributed by atoms with Crippen molar-refractivity contribution in [1.29, 1.82) is 0 Å². The maximum absolute atomic E-state index is 10.3. The lowest BCUT2D eigenvalue weighted by atomic mass is 9.96. The van der Waals surface area contributed by atoms with Gasteiger partial charge in [0.05, 0.1) is 12.8 Å². The largest absolute Gasteiger partial charge is 0.481 e. The van der Waals surface area contributed by atoms with Crippen LogP contribution < -0.4 is 0 Å². The monoisotopic (exact) mass is 314 g/mol. The lowest BCUT2D eigenvalue weighted by Gasteiger charge is -2.18. The fraction of sp³-hybridized carbons (Fsp3) is 0.357. The second-order valence-corrected chi connectivity index (χ2v) is 4.44. The van der Waals surface area contributed by atoms with E-state index in [0.717, 1.165) is 6.42 Å². The maximum Gasteiger partial charge on any atom is 0.336 e. The molecule has 122 valence electrons. The van der Waals surface area contributed by atoms with E-state index in [-0.39, 0.29) is 6.61 Å². The van der Waals surface area contributed by atoms with Crippen LogP contribution in [-0.4, -0.2) is 55.6 Å². The minimum Gasteiger partial charge on any atom is -0.481 e. The van der Waals surface area contributed by atoms with E-state index in [1.807, 2.05) is 30.3 Å². The number of aliphatic hydroxyl groups excluding tert-OH is 1. The molecule has 1 aromatic rings. The van der Waals surface area contributed by atoms with Crippen LogP contribution in [0.15, 0.2) is 30.3 Å². The van der Waals surface area contributed by atoms with Crippen molar-refractivity contribution in [1.82, 2.24) is 0 Å². The number of benzene rings is 1. The molecule has 1 aromatic carbocycles. The highest BCUT2D eigenvalue weighted by atomic mass is 16.4. The summed E-state index contributed by atoms with van der Waals surface area (Å²) in [6, 6.07) is 9.95. The van der Waals surface area contributed by atoms with Crippen LogP contribution in [0.2, 0.25) is 0 Å².